The van der Waals surface area contributed by atoms with Crippen molar-refractivity contribution >= 4 is 11.4 Å². The van der Waals surface area contributed by atoms with Gasteiger partial charge < -0.3 is 10.4 Å². The Kier molecular flexibility index (Phi) is 10.4. The molecule has 0 saturated carbocycles. The van der Waals surface area contributed by atoms with Gasteiger partial charge in [-0.05, 0) is 25.2 Å². The van der Waals surface area contributed by atoms with Crippen LogP contribution in [0.15, 0.2) is 10.3 Å². The molecule has 0 saturated heterocycles. The molecule has 0 aromatic carbocycles. The highest BCUT2D eigenvalue weighted by molar-refractivity contribution is 5.87. The number of rotatable bonds is 3. The van der Waals surface area contributed by atoms with Crippen LogP contribution in [-0.2, 0) is 0 Å². The van der Waals surface area contributed by atoms with Gasteiger partial charge in [0.1, 0.15) is 0 Å². The summed E-state index contributed by atoms with van der Waals surface area (Å²) in [5.74, 6) is 0.713. The first kappa shape index (κ1) is 16.4. The Balaban J connectivity index is 0. The Morgan fingerprint density at radius 2 is 1.40 bits per heavy atom. The Hall–Kier alpha value is -1.06. The zero-order valence-electron chi connectivity index (χ0n) is 10.7. The van der Waals surface area contributed by atoms with Crippen LogP contribution in [-0.4, -0.2) is 21.8 Å². The molecule has 0 fully saturated rings. The third kappa shape index (κ3) is 9.25. The van der Waals surface area contributed by atoms with Gasteiger partial charge in [-0.15, -0.1) is 0 Å². The van der Waals surface area contributed by atoms with E-state index in [0.29, 0.717) is 11.8 Å². The van der Waals surface area contributed by atoms with Crippen LogP contribution in [0.4, 0.5) is 0 Å². The summed E-state index contributed by atoms with van der Waals surface area (Å²) in [5.41, 5.74) is 1.64. The second kappa shape index (κ2) is 9.49. The van der Waals surface area contributed by atoms with Crippen molar-refractivity contribution in [2.75, 3.05) is 0 Å². The maximum Gasteiger partial charge on any atom is 0.0621 e. The first-order chi connectivity index (χ1) is 6.90. The van der Waals surface area contributed by atoms with E-state index in [0.717, 1.165) is 17.8 Å². The Labute approximate surface area is 92.7 Å². The summed E-state index contributed by atoms with van der Waals surface area (Å²) in [6.07, 6.45) is 0.830. The predicted octanol–water partition coefficient (Wildman–Crippen LogP) is 3.38. The molecule has 15 heavy (non-hydrogen) atoms. The SMILES string of the molecule is CC(C)C(=NO)C(C)C.CC/C(C)=N\O. The molecule has 0 rings (SSSR count). The van der Waals surface area contributed by atoms with Gasteiger partial charge in [0.05, 0.1) is 11.4 Å². The normalized spacial score (nSPS) is 11.1. The fraction of sp³-hybridized carbons (Fsp3) is 0.818. The van der Waals surface area contributed by atoms with E-state index in [2.05, 4.69) is 10.3 Å². The average molecular weight is 216 g/mol. The molecule has 0 radical (unpaired) electrons. The summed E-state index contributed by atoms with van der Waals surface area (Å²) in [6.45, 7) is 11.8. The van der Waals surface area contributed by atoms with Gasteiger partial charge in [-0.1, -0.05) is 44.9 Å². The van der Waals surface area contributed by atoms with Gasteiger partial charge in [0.2, 0.25) is 0 Å². The van der Waals surface area contributed by atoms with Gasteiger partial charge >= 0.3 is 0 Å². The van der Waals surface area contributed by atoms with Crippen molar-refractivity contribution in [1.82, 2.24) is 0 Å². The zero-order chi connectivity index (χ0) is 12.4. The molecule has 90 valence electrons. The molecule has 0 aromatic rings. The first-order valence-electron chi connectivity index (χ1n) is 5.29. The molecule has 0 aliphatic carbocycles. The van der Waals surface area contributed by atoms with Crippen LogP contribution in [0.3, 0.4) is 0 Å². The summed E-state index contributed by atoms with van der Waals surface area (Å²) in [7, 11) is 0. The lowest BCUT2D eigenvalue weighted by Gasteiger charge is -2.09. The average Bonchev–Trinajstić information content (AvgIpc) is 2.17. The lowest BCUT2D eigenvalue weighted by molar-refractivity contribution is 0.312. The number of nitrogens with zero attached hydrogens (tertiary/aromatic N) is 2. The van der Waals surface area contributed by atoms with E-state index in [1.54, 1.807) is 6.92 Å². The van der Waals surface area contributed by atoms with Gasteiger partial charge in [0.15, 0.2) is 0 Å². The lowest BCUT2D eigenvalue weighted by atomic mass is 9.98. The van der Waals surface area contributed by atoms with Crippen molar-refractivity contribution in [3.05, 3.63) is 0 Å². The maximum absolute atomic E-state index is 8.45. The summed E-state index contributed by atoms with van der Waals surface area (Å²) in [6, 6.07) is 0. The standard InChI is InChI=1S/C7H15NO.C4H9NO/c1-5(2)7(8-9)6(3)4;1-3-4(2)5-6/h5-6,9H,1-4H3;6H,3H2,1-2H3/b;5-4-. The van der Waals surface area contributed by atoms with Gasteiger partial charge in [0.25, 0.3) is 0 Å². The summed E-state index contributed by atoms with van der Waals surface area (Å²) >= 11 is 0. The molecule has 4 heteroatoms. The fourth-order valence-corrected chi connectivity index (χ4v) is 0.968. The van der Waals surface area contributed by atoms with Crippen LogP contribution < -0.4 is 0 Å². The topological polar surface area (TPSA) is 65.2 Å². The molecule has 0 aliphatic rings. The molecule has 0 aliphatic heterocycles. The molecule has 0 unspecified atom stereocenters. The number of hydrogen-bond donors (Lipinski definition) is 2. The Bertz CT molecular complexity index is 199. The largest absolute Gasteiger partial charge is 0.411 e. The minimum absolute atomic E-state index is 0.356. The molecule has 0 heterocycles. The molecular formula is C11H24N2O2. The van der Waals surface area contributed by atoms with Crippen molar-refractivity contribution in [1.29, 1.82) is 0 Å². The molecule has 0 aromatic heterocycles. The van der Waals surface area contributed by atoms with Crippen LogP contribution in [0, 0.1) is 11.8 Å². The minimum Gasteiger partial charge on any atom is -0.411 e. The van der Waals surface area contributed by atoms with E-state index >= 15 is 0 Å². The summed E-state index contributed by atoms with van der Waals surface area (Å²) in [4.78, 5) is 0. The molecular weight excluding hydrogens is 192 g/mol. The molecule has 2 N–H and O–H groups in total. The van der Waals surface area contributed by atoms with Crippen LogP contribution in [0.25, 0.3) is 0 Å². The van der Waals surface area contributed by atoms with Crippen molar-refractivity contribution in [3.63, 3.8) is 0 Å². The van der Waals surface area contributed by atoms with Gasteiger partial charge in [-0.2, -0.15) is 0 Å². The third-order valence-corrected chi connectivity index (χ3v) is 1.98. The third-order valence-electron chi connectivity index (χ3n) is 1.98. The van der Waals surface area contributed by atoms with Crippen LogP contribution >= 0.6 is 0 Å². The van der Waals surface area contributed by atoms with Gasteiger partial charge in [-0.25, -0.2) is 0 Å². The number of hydrogen-bond acceptors (Lipinski definition) is 4. The van der Waals surface area contributed by atoms with Gasteiger partial charge in [0, 0.05) is 0 Å². The van der Waals surface area contributed by atoms with E-state index < -0.39 is 0 Å². The second-order valence-corrected chi connectivity index (χ2v) is 4.02. The second-order valence-electron chi connectivity index (χ2n) is 4.02. The fourth-order valence-electron chi connectivity index (χ4n) is 0.968. The minimum atomic E-state index is 0.356. The van der Waals surface area contributed by atoms with E-state index in [-0.39, 0.29) is 0 Å². The van der Waals surface area contributed by atoms with Crippen LogP contribution in [0.1, 0.15) is 48.0 Å². The highest BCUT2D eigenvalue weighted by atomic mass is 16.4. The molecule has 0 amide bonds. The zero-order valence-corrected chi connectivity index (χ0v) is 10.7. The first-order valence-corrected chi connectivity index (χ1v) is 5.29. The van der Waals surface area contributed by atoms with Crippen LogP contribution in [0.2, 0.25) is 0 Å². The Morgan fingerprint density at radius 3 is 1.40 bits per heavy atom. The van der Waals surface area contributed by atoms with E-state index in [1.165, 1.54) is 0 Å². The summed E-state index contributed by atoms with van der Waals surface area (Å²) < 4.78 is 0. The predicted molar refractivity (Wildman–Crippen MR) is 64.1 cm³/mol. The van der Waals surface area contributed by atoms with E-state index in [4.69, 9.17) is 10.4 Å². The molecule has 0 bridgehead atoms. The van der Waals surface area contributed by atoms with E-state index in [9.17, 15) is 0 Å². The Morgan fingerprint density at radius 1 is 1.00 bits per heavy atom. The van der Waals surface area contributed by atoms with Crippen molar-refractivity contribution in [3.8, 4) is 0 Å². The van der Waals surface area contributed by atoms with Crippen molar-refractivity contribution < 1.29 is 10.4 Å². The molecule has 0 atom stereocenters. The van der Waals surface area contributed by atoms with Crippen molar-refractivity contribution in [2.45, 2.75) is 48.0 Å². The molecule has 0 spiro atoms. The number of oxime groups is 2. The lowest BCUT2D eigenvalue weighted by Crippen LogP contribution is -2.14. The van der Waals surface area contributed by atoms with Crippen LogP contribution in [0.5, 0.6) is 0 Å². The molecule has 4 nitrogen and oxygen atoms in total. The highest BCUT2D eigenvalue weighted by Gasteiger charge is 2.09. The monoisotopic (exact) mass is 216 g/mol. The smallest absolute Gasteiger partial charge is 0.0621 e. The summed E-state index contributed by atoms with van der Waals surface area (Å²) in [5, 5.41) is 22.5. The van der Waals surface area contributed by atoms with Gasteiger partial charge in [-0.3, -0.25) is 0 Å². The quantitative estimate of drug-likeness (QED) is 0.431. The van der Waals surface area contributed by atoms with E-state index in [1.807, 2.05) is 34.6 Å². The highest BCUT2D eigenvalue weighted by Crippen LogP contribution is 2.06. The maximum atomic E-state index is 8.45. The van der Waals surface area contributed by atoms with Crippen molar-refractivity contribution in [2.24, 2.45) is 22.1 Å².